The molecule has 3 rings (SSSR count). The molecule has 0 saturated carbocycles. The van der Waals surface area contributed by atoms with Gasteiger partial charge in [0.25, 0.3) is 0 Å². The van der Waals surface area contributed by atoms with Gasteiger partial charge in [-0.15, -0.1) is 0 Å². The van der Waals surface area contributed by atoms with Crippen LogP contribution in [0.3, 0.4) is 0 Å². The van der Waals surface area contributed by atoms with Crippen molar-refractivity contribution in [3.05, 3.63) is 59.9 Å². The largest absolute Gasteiger partial charge is 0.491 e. The summed E-state index contributed by atoms with van der Waals surface area (Å²) in [6, 6.07) is 14.1. The summed E-state index contributed by atoms with van der Waals surface area (Å²) >= 11 is 0. The lowest BCUT2D eigenvalue weighted by atomic mass is 9.96. The van der Waals surface area contributed by atoms with Crippen LogP contribution in [0.5, 0.6) is 5.75 Å². The summed E-state index contributed by atoms with van der Waals surface area (Å²) < 4.78 is 18.7. The minimum atomic E-state index is -0.223. The zero-order chi connectivity index (χ0) is 19.2. The molecule has 2 aromatic carbocycles. The fourth-order valence-electron chi connectivity index (χ4n) is 3.39. The van der Waals surface area contributed by atoms with E-state index < -0.39 is 0 Å². The smallest absolute Gasteiger partial charge is 0.228 e. The molecule has 2 aromatic rings. The average molecular weight is 370 g/mol. The summed E-state index contributed by atoms with van der Waals surface area (Å²) in [5, 5.41) is 3.01. The van der Waals surface area contributed by atoms with Gasteiger partial charge in [0.2, 0.25) is 5.91 Å². The van der Waals surface area contributed by atoms with E-state index >= 15 is 0 Å². The quantitative estimate of drug-likeness (QED) is 0.816. The Bertz CT molecular complexity index is 744. The third-order valence-electron chi connectivity index (χ3n) is 4.69. The molecule has 1 amide bonds. The van der Waals surface area contributed by atoms with Gasteiger partial charge in [0, 0.05) is 18.8 Å². The average Bonchev–Trinajstić information content (AvgIpc) is 2.65. The van der Waals surface area contributed by atoms with Crippen LogP contribution in [0.1, 0.15) is 32.3 Å². The maximum absolute atomic E-state index is 13.1. The molecule has 1 atom stereocenters. The third-order valence-corrected chi connectivity index (χ3v) is 4.69. The Balaban J connectivity index is 1.54. The van der Waals surface area contributed by atoms with Gasteiger partial charge in [-0.25, -0.2) is 4.39 Å². The Kier molecular flexibility index (Phi) is 6.45. The van der Waals surface area contributed by atoms with Gasteiger partial charge in [-0.2, -0.15) is 0 Å². The number of ether oxygens (including phenoxy) is 1. The Morgan fingerprint density at radius 1 is 1.19 bits per heavy atom. The molecule has 5 heteroatoms. The number of hydrogen-bond donors (Lipinski definition) is 1. The molecular formula is C22H27FN2O2. The molecule has 1 saturated heterocycles. The molecule has 0 spiro atoms. The van der Waals surface area contributed by atoms with E-state index in [0.717, 1.165) is 49.5 Å². The molecule has 1 fully saturated rings. The lowest BCUT2D eigenvalue weighted by Gasteiger charge is -2.32. The summed E-state index contributed by atoms with van der Waals surface area (Å²) in [7, 11) is 0. The highest BCUT2D eigenvalue weighted by Crippen LogP contribution is 2.22. The summed E-state index contributed by atoms with van der Waals surface area (Å²) in [6.07, 6.45) is 2.00. The van der Waals surface area contributed by atoms with Crippen molar-refractivity contribution in [1.29, 1.82) is 0 Å². The fourth-order valence-corrected chi connectivity index (χ4v) is 3.39. The number of carbonyl (C=O) groups is 1. The van der Waals surface area contributed by atoms with Gasteiger partial charge in [0.1, 0.15) is 11.6 Å². The zero-order valence-corrected chi connectivity index (χ0v) is 16.0. The summed E-state index contributed by atoms with van der Waals surface area (Å²) in [5.41, 5.74) is 1.85. The van der Waals surface area contributed by atoms with Crippen LogP contribution in [0.2, 0.25) is 0 Å². The van der Waals surface area contributed by atoms with Crippen molar-refractivity contribution >= 4 is 11.6 Å². The van der Waals surface area contributed by atoms with Gasteiger partial charge in [-0.1, -0.05) is 12.1 Å². The number of hydrogen-bond acceptors (Lipinski definition) is 3. The normalized spacial score (nSPS) is 17.7. The number of halogens is 1. The summed E-state index contributed by atoms with van der Waals surface area (Å²) in [6.45, 7) is 6.39. The fraction of sp³-hybridized carbons (Fsp3) is 0.409. The number of benzene rings is 2. The first-order valence-electron chi connectivity index (χ1n) is 9.54. The molecule has 0 unspecified atom stereocenters. The van der Waals surface area contributed by atoms with Crippen LogP contribution in [0.4, 0.5) is 10.1 Å². The van der Waals surface area contributed by atoms with E-state index in [4.69, 9.17) is 4.74 Å². The van der Waals surface area contributed by atoms with Crippen LogP contribution in [0, 0.1) is 11.7 Å². The number of rotatable bonds is 6. The second kappa shape index (κ2) is 9.00. The predicted molar refractivity (Wildman–Crippen MR) is 105 cm³/mol. The van der Waals surface area contributed by atoms with Crippen LogP contribution >= 0.6 is 0 Å². The van der Waals surface area contributed by atoms with E-state index in [1.807, 2.05) is 38.1 Å². The monoisotopic (exact) mass is 370 g/mol. The number of piperidine rings is 1. The molecule has 0 aliphatic carbocycles. The molecule has 0 radical (unpaired) electrons. The number of nitrogens with zero attached hydrogens (tertiary/aromatic N) is 1. The zero-order valence-electron chi connectivity index (χ0n) is 16.0. The molecule has 1 aliphatic rings. The second-order valence-electron chi connectivity index (χ2n) is 7.38. The molecule has 0 bridgehead atoms. The van der Waals surface area contributed by atoms with Crippen molar-refractivity contribution in [2.45, 2.75) is 39.3 Å². The van der Waals surface area contributed by atoms with E-state index in [-0.39, 0.29) is 23.7 Å². The van der Waals surface area contributed by atoms with Crippen molar-refractivity contribution in [3.8, 4) is 5.75 Å². The summed E-state index contributed by atoms with van der Waals surface area (Å²) in [5.74, 6) is 0.590. The van der Waals surface area contributed by atoms with Crippen molar-refractivity contribution in [3.63, 3.8) is 0 Å². The first kappa shape index (κ1) is 19.4. The van der Waals surface area contributed by atoms with Gasteiger partial charge in [-0.05, 0) is 75.2 Å². The van der Waals surface area contributed by atoms with E-state index in [0.29, 0.717) is 0 Å². The van der Waals surface area contributed by atoms with Crippen LogP contribution < -0.4 is 10.1 Å². The van der Waals surface area contributed by atoms with Crippen molar-refractivity contribution in [2.24, 2.45) is 5.92 Å². The second-order valence-corrected chi connectivity index (χ2v) is 7.38. The van der Waals surface area contributed by atoms with E-state index in [9.17, 15) is 9.18 Å². The predicted octanol–water partition coefficient (Wildman–Crippen LogP) is 4.46. The van der Waals surface area contributed by atoms with Crippen LogP contribution in [0.25, 0.3) is 0 Å². The molecule has 1 aliphatic heterocycles. The maximum Gasteiger partial charge on any atom is 0.228 e. The van der Waals surface area contributed by atoms with Gasteiger partial charge >= 0.3 is 0 Å². The lowest BCUT2D eigenvalue weighted by Crippen LogP contribution is -2.40. The first-order valence-corrected chi connectivity index (χ1v) is 9.54. The number of anilines is 1. The molecular weight excluding hydrogens is 343 g/mol. The van der Waals surface area contributed by atoms with Crippen LogP contribution in [-0.4, -0.2) is 30.0 Å². The molecule has 144 valence electrons. The van der Waals surface area contributed by atoms with E-state index in [2.05, 4.69) is 10.2 Å². The van der Waals surface area contributed by atoms with Crippen LogP contribution in [-0.2, 0) is 11.3 Å². The van der Waals surface area contributed by atoms with Gasteiger partial charge in [0.15, 0.2) is 0 Å². The highest BCUT2D eigenvalue weighted by atomic mass is 19.1. The number of amides is 1. The Morgan fingerprint density at radius 3 is 2.56 bits per heavy atom. The molecule has 27 heavy (non-hydrogen) atoms. The minimum Gasteiger partial charge on any atom is -0.491 e. The first-order chi connectivity index (χ1) is 13.0. The summed E-state index contributed by atoms with van der Waals surface area (Å²) in [4.78, 5) is 14.9. The van der Waals surface area contributed by atoms with Gasteiger partial charge in [-0.3, -0.25) is 9.69 Å². The van der Waals surface area contributed by atoms with Gasteiger partial charge < -0.3 is 10.1 Å². The standard InChI is InChI=1S/C22H27FN2O2/c1-16(2)27-21-11-9-20(10-12-21)24-22(26)18-4-3-13-25(15-18)14-17-5-7-19(23)8-6-17/h5-12,16,18H,3-4,13-15H2,1-2H3,(H,24,26)/t18-/m1/s1. The van der Waals surface area contributed by atoms with Crippen molar-refractivity contribution < 1.29 is 13.9 Å². The van der Waals surface area contributed by atoms with Gasteiger partial charge in [0.05, 0.1) is 12.0 Å². The molecule has 0 aromatic heterocycles. The minimum absolute atomic E-state index is 0.0363. The highest BCUT2D eigenvalue weighted by Gasteiger charge is 2.25. The van der Waals surface area contributed by atoms with E-state index in [1.165, 1.54) is 12.1 Å². The maximum atomic E-state index is 13.1. The van der Waals surface area contributed by atoms with E-state index in [1.54, 1.807) is 12.1 Å². The SMILES string of the molecule is CC(C)Oc1ccc(NC(=O)[C@@H]2CCCN(Cc3ccc(F)cc3)C2)cc1. The number of likely N-dealkylation sites (tertiary alicyclic amines) is 1. The Hall–Kier alpha value is -2.40. The van der Waals surface area contributed by atoms with Crippen molar-refractivity contribution in [2.75, 3.05) is 18.4 Å². The molecule has 1 heterocycles. The topological polar surface area (TPSA) is 41.6 Å². The number of nitrogens with one attached hydrogen (secondary N) is 1. The third kappa shape index (κ3) is 5.79. The van der Waals surface area contributed by atoms with Crippen LogP contribution in [0.15, 0.2) is 48.5 Å². The molecule has 4 nitrogen and oxygen atoms in total. The Morgan fingerprint density at radius 2 is 1.89 bits per heavy atom. The lowest BCUT2D eigenvalue weighted by molar-refractivity contribution is -0.121. The van der Waals surface area contributed by atoms with Crippen molar-refractivity contribution in [1.82, 2.24) is 4.90 Å². The number of carbonyl (C=O) groups excluding carboxylic acids is 1. The molecule has 1 N–H and O–H groups in total. The Labute approximate surface area is 160 Å². The highest BCUT2D eigenvalue weighted by molar-refractivity contribution is 5.92.